The van der Waals surface area contributed by atoms with Crippen molar-refractivity contribution in [2.24, 2.45) is 0 Å². The van der Waals surface area contributed by atoms with Gasteiger partial charge in [-0.2, -0.15) is 13.2 Å². The zero-order valence-electron chi connectivity index (χ0n) is 6.83. The van der Waals surface area contributed by atoms with Crippen molar-refractivity contribution in [2.75, 3.05) is 0 Å². The van der Waals surface area contributed by atoms with Gasteiger partial charge in [-0.25, -0.2) is 4.39 Å². The SMILES string of the molecule is C=C(c1ccc(Cl)cc1F)C(F)(F)F. The van der Waals surface area contributed by atoms with Crippen molar-refractivity contribution in [3.8, 4) is 0 Å². The quantitative estimate of drug-likeness (QED) is 0.631. The van der Waals surface area contributed by atoms with Crippen LogP contribution in [-0.4, -0.2) is 6.18 Å². The molecule has 1 rings (SSSR count). The Hall–Kier alpha value is -1.03. The van der Waals surface area contributed by atoms with Gasteiger partial charge < -0.3 is 0 Å². The minimum absolute atomic E-state index is 0.0428. The van der Waals surface area contributed by atoms with Crippen LogP contribution in [-0.2, 0) is 0 Å². The molecule has 0 aromatic heterocycles. The molecule has 0 saturated heterocycles. The summed E-state index contributed by atoms with van der Waals surface area (Å²) >= 11 is 5.38. The standard InChI is InChI=1S/C9H5ClF4/c1-5(9(12,13)14)7-3-2-6(10)4-8(7)11/h2-4H,1H2. The average Bonchev–Trinajstić information content (AvgIpc) is 2.01. The van der Waals surface area contributed by atoms with Crippen molar-refractivity contribution in [3.05, 3.63) is 41.2 Å². The van der Waals surface area contributed by atoms with E-state index in [2.05, 4.69) is 6.58 Å². The van der Waals surface area contributed by atoms with Gasteiger partial charge in [-0.1, -0.05) is 18.2 Å². The first kappa shape index (κ1) is 11.0. The summed E-state index contributed by atoms with van der Waals surface area (Å²) < 4.78 is 49.3. The molecule has 0 bridgehead atoms. The number of alkyl halides is 3. The van der Waals surface area contributed by atoms with Gasteiger partial charge in [0.2, 0.25) is 0 Å². The highest BCUT2D eigenvalue weighted by atomic mass is 35.5. The van der Waals surface area contributed by atoms with E-state index in [1.807, 2.05) is 0 Å². The zero-order valence-corrected chi connectivity index (χ0v) is 7.58. The van der Waals surface area contributed by atoms with Gasteiger partial charge in [0.05, 0.1) is 5.57 Å². The molecule has 0 fully saturated rings. The summed E-state index contributed by atoms with van der Waals surface area (Å²) in [6, 6.07) is 2.94. The van der Waals surface area contributed by atoms with E-state index in [0.717, 1.165) is 12.1 Å². The molecule has 0 aliphatic heterocycles. The Morgan fingerprint density at radius 2 is 1.86 bits per heavy atom. The maximum atomic E-state index is 13.0. The number of hydrogen-bond acceptors (Lipinski definition) is 0. The van der Waals surface area contributed by atoms with Crippen LogP contribution in [0, 0.1) is 5.82 Å². The van der Waals surface area contributed by atoms with Crippen LogP contribution in [0.25, 0.3) is 5.57 Å². The molecule has 0 spiro atoms. The lowest BCUT2D eigenvalue weighted by atomic mass is 10.1. The third kappa shape index (κ3) is 2.26. The molecule has 0 aliphatic carbocycles. The van der Waals surface area contributed by atoms with Gasteiger partial charge in [-0.3, -0.25) is 0 Å². The van der Waals surface area contributed by atoms with Crippen molar-refractivity contribution < 1.29 is 17.6 Å². The Balaban J connectivity index is 3.15. The Morgan fingerprint density at radius 3 is 2.29 bits per heavy atom. The number of allylic oxidation sites excluding steroid dienone is 1. The molecule has 0 saturated carbocycles. The summed E-state index contributed by atoms with van der Waals surface area (Å²) in [5.41, 5.74) is -1.80. The lowest BCUT2D eigenvalue weighted by Crippen LogP contribution is -2.10. The first-order chi connectivity index (χ1) is 6.32. The molecule has 0 nitrogen and oxygen atoms in total. The normalized spacial score (nSPS) is 11.5. The lowest BCUT2D eigenvalue weighted by Gasteiger charge is -2.10. The molecule has 0 radical (unpaired) electrons. The Kier molecular flexibility index (Phi) is 2.85. The second kappa shape index (κ2) is 3.61. The van der Waals surface area contributed by atoms with Gasteiger partial charge in [0.1, 0.15) is 5.82 Å². The van der Waals surface area contributed by atoms with E-state index in [4.69, 9.17) is 11.6 Å². The minimum atomic E-state index is -4.63. The van der Waals surface area contributed by atoms with E-state index in [9.17, 15) is 17.6 Å². The Labute approximate surface area is 82.8 Å². The molecule has 5 heteroatoms. The topological polar surface area (TPSA) is 0 Å². The molecule has 76 valence electrons. The summed E-state index contributed by atoms with van der Waals surface area (Å²) in [6.45, 7) is 2.78. The third-order valence-electron chi connectivity index (χ3n) is 1.60. The van der Waals surface area contributed by atoms with Crippen molar-refractivity contribution in [2.45, 2.75) is 6.18 Å². The first-order valence-electron chi connectivity index (χ1n) is 3.54. The van der Waals surface area contributed by atoms with Crippen LogP contribution in [0.15, 0.2) is 24.8 Å². The zero-order chi connectivity index (χ0) is 10.9. The summed E-state index contributed by atoms with van der Waals surface area (Å²) in [5.74, 6) is -1.03. The largest absolute Gasteiger partial charge is 0.416 e. The monoisotopic (exact) mass is 224 g/mol. The van der Waals surface area contributed by atoms with Crippen molar-refractivity contribution in [1.82, 2.24) is 0 Å². The van der Waals surface area contributed by atoms with Gasteiger partial charge in [0, 0.05) is 10.6 Å². The maximum absolute atomic E-state index is 13.0. The summed E-state index contributed by atoms with van der Waals surface area (Å²) in [5, 5.41) is 0.0428. The van der Waals surface area contributed by atoms with E-state index in [0.29, 0.717) is 0 Å². The van der Waals surface area contributed by atoms with E-state index < -0.39 is 23.1 Å². The summed E-state index contributed by atoms with van der Waals surface area (Å²) in [7, 11) is 0. The minimum Gasteiger partial charge on any atom is -0.206 e. The van der Waals surface area contributed by atoms with Crippen molar-refractivity contribution in [1.29, 1.82) is 0 Å². The molecule has 0 heterocycles. The number of hydrogen-bond donors (Lipinski definition) is 0. The van der Waals surface area contributed by atoms with Crippen LogP contribution < -0.4 is 0 Å². The second-order valence-electron chi connectivity index (χ2n) is 2.60. The molecule has 0 amide bonds. The lowest BCUT2D eigenvalue weighted by molar-refractivity contribution is -0.0688. The van der Waals surface area contributed by atoms with Gasteiger partial charge in [0.25, 0.3) is 0 Å². The number of rotatable bonds is 1. The van der Waals surface area contributed by atoms with E-state index >= 15 is 0 Å². The van der Waals surface area contributed by atoms with E-state index in [-0.39, 0.29) is 5.02 Å². The molecular weight excluding hydrogens is 220 g/mol. The van der Waals surface area contributed by atoms with Gasteiger partial charge in [-0.15, -0.1) is 0 Å². The molecule has 1 aromatic carbocycles. The van der Waals surface area contributed by atoms with Crippen LogP contribution in [0.2, 0.25) is 5.02 Å². The highest BCUT2D eigenvalue weighted by Crippen LogP contribution is 2.34. The second-order valence-corrected chi connectivity index (χ2v) is 3.04. The summed E-state index contributed by atoms with van der Waals surface area (Å²) in [6.07, 6.45) is -4.63. The number of halogens is 5. The summed E-state index contributed by atoms with van der Waals surface area (Å²) in [4.78, 5) is 0. The maximum Gasteiger partial charge on any atom is 0.416 e. The van der Waals surface area contributed by atoms with Crippen molar-refractivity contribution in [3.63, 3.8) is 0 Å². The van der Waals surface area contributed by atoms with Crippen LogP contribution in [0.1, 0.15) is 5.56 Å². The third-order valence-corrected chi connectivity index (χ3v) is 1.83. The Morgan fingerprint density at radius 1 is 1.29 bits per heavy atom. The van der Waals surface area contributed by atoms with Crippen LogP contribution in [0.5, 0.6) is 0 Å². The van der Waals surface area contributed by atoms with Crippen LogP contribution >= 0.6 is 11.6 Å². The highest BCUT2D eigenvalue weighted by molar-refractivity contribution is 6.30. The molecule has 14 heavy (non-hydrogen) atoms. The van der Waals surface area contributed by atoms with E-state index in [1.54, 1.807) is 0 Å². The molecule has 0 atom stereocenters. The van der Waals surface area contributed by atoms with Gasteiger partial charge in [-0.05, 0) is 18.2 Å². The molecule has 1 aromatic rings. The molecule has 0 aliphatic rings. The fourth-order valence-electron chi connectivity index (χ4n) is 0.887. The van der Waals surface area contributed by atoms with Gasteiger partial charge in [0.15, 0.2) is 0 Å². The molecular formula is C9H5ClF4. The number of benzene rings is 1. The molecule has 0 unspecified atom stereocenters. The molecule has 0 N–H and O–H groups in total. The smallest absolute Gasteiger partial charge is 0.206 e. The first-order valence-corrected chi connectivity index (χ1v) is 3.91. The fraction of sp³-hybridized carbons (Fsp3) is 0.111. The van der Waals surface area contributed by atoms with Crippen LogP contribution in [0.4, 0.5) is 17.6 Å². The average molecular weight is 225 g/mol. The van der Waals surface area contributed by atoms with Crippen molar-refractivity contribution >= 4 is 17.2 Å². The predicted octanol–water partition coefficient (Wildman–Crippen LogP) is 4.05. The van der Waals surface area contributed by atoms with E-state index in [1.165, 1.54) is 6.07 Å². The fourth-order valence-corrected chi connectivity index (χ4v) is 1.05. The Bertz CT molecular complexity index is 368. The van der Waals surface area contributed by atoms with Crippen LogP contribution in [0.3, 0.4) is 0 Å². The highest BCUT2D eigenvalue weighted by Gasteiger charge is 2.34. The predicted molar refractivity (Wildman–Crippen MR) is 46.5 cm³/mol. The van der Waals surface area contributed by atoms with Gasteiger partial charge >= 0.3 is 6.18 Å².